The van der Waals surface area contributed by atoms with Crippen molar-refractivity contribution in [2.24, 2.45) is 0 Å². The molecule has 0 aliphatic carbocycles. The topological polar surface area (TPSA) is 73.9 Å². The molecule has 2 aromatic carbocycles. The Morgan fingerprint density at radius 3 is 2.48 bits per heavy atom. The Kier molecular flexibility index (Phi) is 5.25. The van der Waals surface area contributed by atoms with E-state index in [0.29, 0.717) is 24.6 Å². The van der Waals surface area contributed by atoms with Crippen molar-refractivity contribution in [3.8, 4) is 11.4 Å². The van der Waals surface area contributed by atoms with Gasteiger partial charge in [-0.25, -0.2) is 4.98 Å². The first-order valence-electron chi connectivity index (χ1n) is 9.30. The van der Waals surface area contributed by atoms with E-state index in [9.17, 15) is 4.79 Å². The number of nitrogens with zero attached hydrogens (tertiary/aromatic N) is 3. The predicted octanol–water partition coefficient (Wildman–Crippen LogP) is 2.88. The number of aromatic amines is 1. The largest absolute Gasteiger partial charge is 0.349 e. The van der Waals surface area contributed by atoms with Crippen LogP contribution in [0.3, 0.4) is 0 Å². The molecule has 0 atom stereocenters. The number of aromatic nitrogens is 3. The molecule has 1 aromatic heterocycles. The van der Waals surface area contributed by atoms with Crippen molar-refractivity contribution in [3.63, 3.8) is 0 Å². The first-order chi connectivity index (χ1) is 13.3. The quantitative estimate of drug-likeness (QED) is 0.679. The Balaban J connectivity index is 1.18. The van der Waals surface area contributed by atoms with Gasteiger partial charge in [-0.2, -0.15) is 5.10 Å². The second kappa shape index (κ2) is 8.14. The van der Waals surface area contributed by atoms with Crippen molar-refractivity contribution in [2.75, 3.05) is 6.54 Å². The number of amides is 1. The fraction of sp³-hybridized carbons (Fsp3) is 0.286. The highest BCUT2D eigenvalue weighted by molar-refractivity contribution is 5.75. The minimum absolute atomic E-state index is 0.0457. The van der Waals surface area contributed by atoms with Crippen molar-refractivity contribution in [1.82, 2.24) is 25.4 Å². The van der Waals surface area contributed by atoms with Gasteiger partial charge < -0.3 is 5.32 Å². The molecule has 0 saturated carbocycles. The molecule has 4 rings (SSSR count). The van der Waals surface area contributed by atoms with E-state index in [1.165, 1.54) is 11.1 Å². The fourth-order valence-corrected chi connectivity index (χ4v) is 3.39. The number of hydrogen-bond acceptors (Lipinski definition) is 4. The smallest absolute Gasteiger partial charge is 0.220 e. The van der Waals surface area contributed by atoms with Crippen LogP contribution < -0.4 is 5.32 Å². The van der Waals surface area contributed by atoms with Crippen LogP contribution in [0.1, 0.15) is 29.8 Å². The van der Waals surface area contributed by atoms with Crippen LogP contribution in [-0.4, -0.2) is 32.5 Å². The van der Waals surface area contributed by atoms with Crippen LogP contribution >= 0.6 is 0 Å². The maximum Gasteiger partial charge on any atom is 0.220 e. The van der Waals surface area contributed by atoms with E-state index in [0.717, 1.165) is 31.6 Å². The SMILES string of the molecule is O=C(CCCN1Cc2ccccc2C1)NCc1nc(-c2ccccc2)n[nH]1. The predicted molar refractivity (Wildman–Crippen MR) is 103 cm³/mol. The molecule has 6 heteroatoms. The minimum Gasteiger partial charge on any atom is -0.349 e. The van der Waals surface area contributed by atoms with Crippen molar-refractivity contribution in [1.29, 1.82) is 0 Å². The summed E-state index contributed by atoms with van der Waals surface area (Å²) in [4.78, 5) is 18.9. The molecule has 1 aliphatic rings. The molecule has 0 unspecified atom stereocenters. The number of H-pyrrole nitrogens is 1. The van der Waals surface area contributed by atoms with Gasteiger partial charge >= 0.3 is 0 Å². The Bertz CT molecular complexity index is 881. The standard InChI is InChI=1S/C21H23N5O/c27-20(11-6-12-26-14-17-9-4-5-10-18(17)15-26)22-13-19-23-21(25-24-19)16-7-2-1-3-8-16/h1-5,7-10H,6,11-15H2,(H,22,27)(H,23,24,25). The number of fused-ring (bicyclic) bond motifs is 1. The molecule has 6 nitrogen and oxygen atoms in total. The lowest BCUT2D eigenvalue weighted by Crippen LogP contribution is -2.25. The van der Waals surface area contributed by atoms with E-state index in [2.05, 4.69) is 49.7 Å². The Hall–Kier alpha value is -2.99. The number of benzene rings is 2. The van der Waals surface area contributed by atoms with Gasteiger partial charge in [0.2, 0.25) is 5.91 Å². The number of rotatable bonds is 7. The number of nitrogens with one attached hydrogen (secondary N) is 2. The van der Waals surface area contributed by atoms with Gasteiger partial charge in [0.15, 0.2) is 5.82 Å². The van der Waals surface area contributed by atoms with Gasteiger partial charge in [-0.1, -0.05) is 54.6 Å². The molecule has 0 fully saturated rings. The van der Waals surface area contributed by atoms with Crippen LogP contribution in [0, 0.1) is 0 Å². The average molecular weight is 361 g/mol. The van der Waals surface area contributed by atoms with Gasteiger partial charge in [0.25, 0.3) is 0 Å². The average Bonchev–Trinajstić information content (AvgIpc) is 3.34. The van der Waals surface area contributed by atoms with Crippen molar-refractivity contribution in [3.05, 3.63) is 71.5 Å². The first-order valence-corrected chi connectivity index (χ1v) is 9.30. The van der Waals surface area contributed by atoms with Crippen LogP contribution in [-0.2, 0) is 24.4 Å². The fourth-order valence-electron chi connectivity index (χ4n) is 3.39. The maximum atomic E-state index is 12.1. The monoisotopic (exact) mass is 361 g/mol. The van der Waals surface area contributed by atoms with Gasteiger partial charge in [-0.05, 0) is 24.1 Å². The molecule has 138 valence electrons. The van der Waals surface area contributed by atoms with Crippen molar-refractivity contribution >= 4 is 5.91 Å². The molecule has 2 N–H and O–H groups in total. The molecule has 0 saturated heterocycles. The second-order valence-corrected chi connectivity index (χ2v) is 6.83. The Labute approximate surface area is 158 Å². The summed E-state index contributed by atoms with van der Waals surface area (Å²) in [6.45, 7) is 3.27. The maximum absolute atomic E-state index is 12.1. The van der Waals surface area contributed by atoms with Gasteiger partial charge in [-0.15, -0.1) is 0 Å². The van der Waals surface area contributed by atoms with E-state index in [-0.39, 0.29) is 5.91 Å². The van der Waals surface area contributed by atoms with E-state index in [4.69, 9.17) is 0 Å². The molecule has 0 bridgehead atoms. The third kappa shape index (κ3) is 4.41. The van der Waals surface area contributed by atoms with Crippen LogP contribution in [0.25, 0.3) is 11.4 Å². The van der Waals surface area contributed by atoms with Crippen LogP contribution in [0.4, 0.5) is 0 Å². The van der Waals surface area contributed by atoms with Gasteiger partial charge in [0.1, 0.15) is 5.82 Å². The van der Waals surface area contributed by atoms with E-state index in [1.807, 2.05) is 30.3 Å². The van der Waals surface area contributed by atoms with E-state index < -0.39 is 0 Å². The lowest BCUT2D eigenvalue weighted by Gasteiger charge is -2.14. The highest BCUT2D eigenvalue weighted by Gasteiger charge is 2.17. The lowest BCUT2D eigenvalue weighted by atomic mass is 10.1. The number of carbonyl (C=O) groups is 1. The van der Waals surface area contributed by atoms with Crippen LogP contribution in [0.2, 0.25) is 0 Å². The zero-order chi connectivity index (χ0) is 18.5. The zero-order valence-electron chi connectivity index (χ0n) is 15.2. The van der Waals surface area contributed by atoms with Crippen molar-refractivity contribution in [2.45, 2.75) is 32.5 Å². The van der Waals surface area contributed by atoms with E-state index >= 15 is 0 Å². The molecule has 1 amide bonds. The molecule has 2 heterocycles. The Morgan fingerprint density at radius 2 is 1.74 bits per heavy atom. The van der Waals surface area contributed by atoms with Crippen molar-refractivity contribution < 1.29 is 4.79 Å². The summed E-state index contributed by atoms with van der Waals surface area (Å²) in [5.41, 5.74) is 3.76. The summed E-state index contributed by atoms with van der Waals surface area (Å²) >= 11 is 0. The highest BCUT2D eigenvalue weighted by Crippen LogP contribution is 2.22. The molecule has 0 radical (unpaired) electrons. The van der Waals surface area contributed by atoms with Gasteiger partial charge in [-0.3, -0.25) is 14.8 Å². The summed E-state index contributed by atoms with van der Waals surface area (Å²) < 4.78 is 0. The summed E-state index contributed by atoms with van der Waals surface area (Å²) in [6.07, 6.45) is 1.37. The summed E-state index contributed by atoms with van der Waals surface area (Å²) in [5, 5.41) is 10.0. The van der Waals surface area contributed by atoms with Gasteiger partial charge in [0.05, 0.1) is 6.54 Å². The summed E-state index contributed by atoms with van der Waals surface area (Å²) in [5.74, 6) is 1.36. The van der Waals surface area contributed by atoms with Crippen LogP contribution in [0.5, 0.6) is 0 Å². The molecule has 0 spiro atoms. The van der Waals surface area contributed by atoms with E-state index in [1.54, 1.807) is 0 Å². The van der Waals surface area contributed by atoms with Gasteiger partial charge in [0, 0.05) is 25.1 Å². The third-order valence-electron chi connectivity index (χ3n) is 4.80. The number of carbonyl (C=O) groups excluding carboxylic acids is 1. The first kappa shape index (κ1) is 17.4. The molecule has 27 heavy (non-hydrogen) atoms. The summed E-state index contributed by atoms with van der Waals surface area (Å²) in [6, 6.07) is 18.3. The highest BCUT2D eigenvalue weighted by atomic mass is 16.1. The molecule has 1 aliphatic heterocycles. The third-order valence-corrected chi connectivity index (χ3v) is 4.80. The second-order valence-electron chi connectivity index (χ2n) is 6.83. The molecule has 3 aromatic rings. The minimum atomic E-state index is 0.0457. The molecular formula is C21H23N5O. The lowest BCUT2D eigenvalue weighted by molar-refractivity contribution is -0.121. The normalized spacial score (nSPS) is 13.5. The Morgan fingerprint density at radius 1 is 1.04 bits per heavy atom. The number of hydrogen-bond donors (Lipinski definition) is 2. The molecular weight excluding hydrogens is 338 g/mol. The zero-order valence-corrected chi connectivity index (χ0v) is 15.2. The summed E-state index contributed by atoms with van der Waals surface area (Å²) in [7, 11) is 0. The van der Waals surface area contributed by atoms with Crippen LogP contribution in [0.15, 0.2) is 54.6 Å².